The maximum Gasteiger partial charge on any atom is 0.253 e. The van der Waals surface area contributed by atoms with Crippen LogP contribution in [0.5, 0.6) is 0 Å². The summed E-state index contributed by atoms with van der Waals surface area (Å²) in [5.41, 5.74) is 1.91. The maximum absolute atomic E-state index is 13.0. The van der Waals surface area contributed by atoms with Gasteiger partial charge in [-0.15, -0.1) is 0 Å². The van der Waals surface area contributed by atoms with E-state index in [-0.39, 0.29) is 24.2 Å². The van der Waals surface area contributed by atoms with Crippen LogP contribution in [0.25, 0.3) is 10.9 Å². The highest BCUT2D eigenvalue weighted by Crippen LogP contribution is 2.19. The summed E-state index contributed by atoms with van der Waals surface area (Å²) in [4.78, 5) is 33.1. The van der Waals surface area contributed by atoms with Gasteiger partial charge in [-0.1, -0.05) is 11.6 Å². The summed E-state index contributed by atoms with van der Waals surface area (Å²) < 4.78 is 13.0. The Morgan fingerprint density at radius 3 is 2.47 bits per heavy atom. The summed E-state index contributed by atoms with van der Waals surface area (Å²) >= 11 is 5.91. The van der Waals surface area contributed by atoms with E-state index in [9.17, 15) is 14.0 Å². The van der Waals surface area contributed by atoms with Gasteiger partial charge in [0.2, 0.25) is 5.91 Å². The number of pyridine rings is 1. The summed E-state index contributed by atoms with van der Waals surface area (Å²) in [5, 5.41) is 4.03. The summed E-state index contributed by atoms with van der Waals surface area (Å²) in [5.74, 6) is -0.551. The van der Waals surface area contributed by atoms with E-state index < -0.39 is 0 Å². The highest BCUT2D eigenvalue weighted by molar-refractivity contribution is 6.29. The first-order chi connectivity index (χ1) is 14.5. The Bertz CT molecular complexity index is 1080. The minimum atomic E-state index is -0.347. The standard InChI is InChI=1S/C22H20ClFN4O2/c23-20-8-2-15-13-16(1-7-19(15)26-20)22(30)28-11-9-27(10-12-28)14-21(29)25-18-5-3-17(24)4-6-18/h1-8,13H,9-12,14H2,(H,25,29). The van der Waals surface area contributed by atoms with Crippen molar-refractivity contribution in [3.63, 3.8) is 0 Å². The van der Waals surface area contributed by atoms with Gasteiger partial charge < -0.3 is 10.2 Å². The second kappa shape index (κ2) is 8.77. The molecule has 2 aromatic carbocycles. The minimum absolute atomic E-state index is 0.0396. The van der Waals surface area contributed by atoms with Gasteiger partial charge in [-0.25, -0.2) is 9.37 Å². The number of carbonyl (C=O) groups is 2. The van der Waals surface area contributed by atoms with E-state index in [1.807, 2.05) is 17.0 Å². The number of anilines is 1. The van der Waals surface area contributed by atoms with Gasteiger partial charge in [0.15, 0.2) is 0 Å². The highest BCUT2D eigenvalue weighted by atomic mass is 35.5. The van der Waals surface area contributed by atoms with Gasteiger partial charge in [0.05, 0.1) is 12.1 Å². The predicted octanol–water partition coefficient (Wildman–Crippen LogP) is 3.42. The number of nitrogens with one attached hydrogen (secondary N) is 1. The lowest BCUT2D eigenvalue weighted by molar-refractivity contribution is -0.117. The Morgan fingerprint density at radius 1 is 1.00 bits per heavy atom. The van der Waals surface area contributed by atoms with E-state index >= 15 is 0 Å². The molecule has 0 spiro atoms. The first-order valence-corrected chi connectivity index (χ1v) is 9.99. The van der Waals surface area contributed by atoms with Crippen molar-refractivity contribution in [3.8, 4) is 0 Å². The molecular formula is C22H20ClFN4O2. The number of nitrogens with zero attached hydrogens (tertiary/aromatic N) is 3. The van der Waals surface area contributed by atoms with E-state index in [1.165, 1.54) is 24.3 Å². The van der Waals surface area contributed by atoms with Crippen LogP contribution in [-0.2, 0) is 4.79 Å². The molecule has 2 amide bonds. The molecule has 1 fully saturated rings. The molecule has 0 aliphatic carbocycles. The topological polar surface area (TPSA) is 65.5 Å². The van der Waals surface area contributed by atoms with Crippen LogP contribution < -0.4 is 5.32 Å². The van der Waals surface area contributed by atoms with Crippen LogP contribution in [0.4, 0.5) is 10.1 Å². The Labute approximate surface area is 178 Å². The summed E-state index contributed by atoms with van der Waals surface area (Å²) in [7, 11) is 0. The molecule has 3 aromatic rings. The molecule has 0 saturated carbocycles. The van der Waals surface area contributed by atoms with E-state index in [4.69, 9.17) is 11.6 Å². The van der Waals surface area contributed by atoms with Gasteiger partial charge in [0.1, 0.15) is 11.0 Å². The van der Waals surface area contributed by atoms with Gasteiger partial charge in [-0.05, 0) is 54.6 Å². The van der Waals surface area contributed by atoms with Crippen LogP contribution in [0.3, 0.4) is 0 Å². The van der Waals surface area contributed by atoms with Crippen LogP contribution in [-0.4, -0.2) is 59.3 Å². The Morgan fingerprint density at radius 2 is 1.73 bits per heavy atom. The number of amides is 2. The highest BCUT2D eigenvalue weighted by Gasteiger charge is 2.23. The molecule has 1 aliphatic rings. The summed E-state index contributed by atoms with van der Waals surface area (Å²) in [6.07, 6.45) is 0. The average molecular weight is 427 g/mol. The lowest BCUT2D eigenvalue weighted by atomic mass is 10.1. The number of benzene rings is 2. The zero-order valence-electron chi connectivity index (χ0n) is 16.1. The molecule has 30 heavy (non-hydrogen) atoms. The number of carbonyl (C=O) groups excluding carboxylic acids is 2. The third-order valence-corrected chi connectivity index (χ3v) is 5.27. The zero-order chi connectivity index (χ0) is 21.1. The van der Waals surface area contributed by atoms with Crippen molar-refractivity contribution < 1.29 is 14.0 Å². The van der Waals surface area contributed by atoms with Crippen LogP contribution >= 0.6 is 11.6 Å². The van der Waals surface area contributed by atoms with E-state index in [2.05, 4.69) is 10.3 Å². The van der Waals surface area contributed by atoms with Gasteiger partial charge in [0, 0.05) is 42.8 Å². The summed E-state index contributed by atoms with van der Waals surface area (Å²) in [6.45, 7) is 2.52. The zero-order valence-corrected chi connectivity index (χ0v) is 16.9. The second-order valence-corrected chi connectivity index (χ2v) is 7.55. The number of hydrogen-bond donors (Lipinski definition) is 1. The van der Waals surface area contributed by atoms with Crippen molar-refractivity contribution in [2.24, 2.45) is 0 Å². The molecule has 0 bridgehead atoms. The maximum atomic E-state index is 13.0. The fourth-order valence-corrected chi connectivity index (χ4v) is 3.62. The third kappa shape index (κ3) is 4.75. The molecule has 4 rings (SSSR count). The molecule has 0 unspecified atom stereocenters. The molecule has 154 valence electrons. The lowest BCUT2D eigenvalue weighted by Gasteiger charge is -2.34. The average Bonchev–Trinajstić information content (AvgIpc) is 2.75. The quantitative estimate of drug-likeness (QED) is 0.649. The van der Waals surface area contributed by atoms with Crippen molar-refractivity contribution in [3.05, 3.63) is 71.1 Å². The SMILES string of the molecule is O=C(CN1CCN(C(=O)c2ccc3nc(Cl)ccc3c2)CC1)Nc1ccc(F)cc1. The first kappa shape index (κ1) is 20.3. The third-order valence-electron chi connectivity index (χ3n) is 5.06. The molecule has 0 atom stereocenters. The monoisotopic (exact) mass is 426 g/mol. The molecular weight excluding hydrogens is 407 g/mol. The van der Waals surface area contributed by atoms with E-state index in [0.29, 0.717) is 42.6 Å². The van der Waals surface area contributed by atoms with Crippen molar-refractivity contribution in [2.75, 3.05) is 38.0 Å². The van der Waals surface area contributed by atoms with Gasteiger partial charge >= 0.3 is 0 Å². The van der Waals surface area contributed by atoms with E-state index in [0.717, 1.165) is 10.9 Å². The van der Waals surface area contributed by atoms with Gasteiger partial charge in [-0.3, -0.25) is 14.5 Å². The Balaban J connectivity index is 1.31. The molecule has 8 heteroatoms. The van der Waals surface area contributed by atoms with Crippen molar-refractivity contribution in [2.45, 2.75) is 0 Å². The predicted molar refractivity (Wildman–Crippen MR) is 114 cm³/mol. The van der Waals surface area contributed by atoms with E-state index in [1.54, 1.807) is 23.1 Å². The molecule has 6 nitrogen and oxygen atoms in total. The number of piperazine rings is 1. The van der Waals surface area contributed by atoms with Gasteiger partial charge in [-0.2, -0.15) is 0 Å². The normalized spacial score (nSPS) is 14.7. The Hall–Kier alpha value is -3.03. The largest absolute Gasteiger partial charge is 0.336 e. The molecule has 2 heterocycles. The number of aromatic nitrogens is 1. The van der Waals surface area contributed by atoms with Crippen molar-refractivity contribution >= 4 is 40.0 Å². The summed E-state index contributed by atoms with van der Waals surface area (Å²) in [6, 6.07) is 14.6. The second-order valence-electron chi connectivity index (χ2n) is 7.16. The fraction of sp³-hybridized carbons (Fsp3) is 0.227. The molecule has 1 N–H and O–H groups in total. The fourth-order valence-electron chi connectivity index (χ4n) is 3.46. The smallest absolute Gasteiger partial charge is 0.253 e. The Kier molecular flexibility index (Phi) is 5.92. The minimum Gasteiger partial charge on any atom is -0.336 e. The van der Waals surface area contributed by atoms with Gasteiger partial charge in [0.25, 0.3) is 5.91 Å². The van der Waals surface area contributed by atoms with Crippen molar-refractivity contribution in [1.82, 2.24) is 14.8 Å². The van der Waals surface area contributed by atoms with Crippen LogP contribution in [0, 0.1) is 5.82 Å². The molecule has 1 saturated heterocycles. The van der Waals surface area contributed by atoms with Crippen LogP contribution in [0.2, 0.25) is 5.15 Å². The first-order valence-electron chi connectivity index (χ1n) is 9.61. The number of rotatable bonds is 4. The van der Waals surface area contributed by atoms with Crippen molar-refractivity contribution in [1.29, 1.82) is 0 Å². The number of halogens is 2. The number of fused-ring (bicyclic) bond motifs is 1. The number of hydrogen-bond acceptors (Lipinski definition) is 4. The molecule has 0 radical (unpaired) electrons. The molecule has 1 aromatic heterocycles. The van der Waals surface area contributed by atoms with Crippen LogP contribution in [0.15, 0.2) is 54.6 Å². The lowest BCUT2D eigenvalue weighted by Crippen LogP contribution is -2.50. The van der Waals surface area contributed by atoms with Crippen LogP contribution in [0.1, 0.15) is 10.4 Å². The molecule has 1 aliphatic heterocycles.